The average molecular weight is 323 g/mol. The van der Waals surface area contributed by atoms with Crippen molar-refractivity contribution in [3.63, 3.8) is 0 Å². The van der Waals surface area contributed by atoms with Gasteiger partial charge in [0.05, 0.1) is 16.3 Å². The molecule has 1 aliphatic heterocycles. The SMILES string of the molecule is Cc1nc(CN2CCC(O)(c3ccccc3Cl)CC2)cs1. The van der Waals surface area contributed by atoms with E-state index in [0.29, 0.717) is 17.9 Å². The van der Waals surface area contributed by atoms with Crippen LogP contribution in [0.2, 0.25) is 5.02 Å². The maximum Gasteiger partial charge on any atom is 0.0935 e. The van der Waals surface area contributed by atoms with Gasteiger partial charge in [0, 0.05) is 35.6 Å². The minimum Gasteiger partial charge on any atom is -0.385 e. The molecule has 1 aliphatic rings. The second-order valence-electron chi connectivity index (χ2n) is 5.65. The fourth-order valence-corrected chi connectivity index (χ4v) is 3.81. The molecule has 0 amide bonds. The van der Waals surface area contributed by atoms with E-state index in [-0.39, 0.29) is 0 Å². The molecule has 0 aliphatic carbocycles. The molecular formula is C16H19ClN2OS. The minimum absolute atomic E-state index is 0.656. The molecule has 5 heteroatoms. The van der Waals surface area contributed by atoms with E-state index in [0.717, 1.165) is 35.9 Å². The second kappa shape index (κ2) is 6.05. The van der Waals surface area contributed by atoms with Gasteiger partial charge >= 0.3 is 0 Å². The number of aromatic nitrogens is 1. The summed E-state index contributed by atoms with van der Waals surface area (Å²) in [5, 5.41) is 14.8. The fourth-order valence-electron chi connectivity index (χ4n) is 2.90. The van der Waals surface area contributed by atoms with E-state index in [1.54, 1.807) is 11.3 Å². The van der Waals surface area contributed by atoms with Crippen LogP contribution in [0.5, 0.6) is 0 Å². The van der Waals surface area contributed by atoms with Gasteiger partial charge in [-0.05, 0) is 25.8 Å². The molecule has 0 saturated carbocycles. The lowest BCUT2D eigenvalue weighted by Crippen LogP contribution is -2.42. The fraction of sp³-hybridized carbons (Fsp3) is 0.438. The summed E-state index contributed by atoms with van der Waals surface area (Å²) >= 11 is 7.92. The Morgan fingerprint density at radius 3 is 2.67 bits per heavy atom. The van der Waals surface area contributed by atoms with Gasteiger partial charge in [0.1, 0.15) is 0 Å². The Morgan fingerprint density at radius 2 is 2.05 bits per heavy atom. The van der Waals surface area contributed by atoms with Crippen molar-refractivity contribution < 1.29 is 5.11 Å². The van der Waals surface area contributed by atoms with Gasteiger partial charge in [-0.3, -0.25) is 4.90 Å². The summed E-state index contributed by atoms with van der Waals surface area (Å²) in [6, 6.07) is 7.61. The zero-order chi connectivity index (χ0) is 14.9. The Labute approximate surface area is 134 Å². The Balaban J connectivity index is 1.66. The van der Waals surface area contributed by atoms with E-state index in [2.05, 4.69) is 15.3 Å². The number of halogens is 1. The van der Waals surface area contributed by atoms with Crippen molar-refractivity contribution in [3.8, 4) is 0 Å². The highest BCUT2D eigenvalue weighted by atomic mass is 35.5. The number of likely N-dealkylation sites (tertiary alicyclic amines) is 1. The van der Waals surface area contributed by atoms with E-state index >= 15 is 0 Å². The zero-order valence-corrected chi connectivity index (χ0v) is 13.6. The third kappa shape index (κ3) is 3.29. The van der Waals surface area contributed by atoms with Crippen LogP contribution in [0.15, 0.2) is 29.6 Å². The van der Waals surface area contributed by atoms with Crippen molar-refractivity contribution in [1.82, 2.24) is 9.88 Å². The Morgan fingerprint density at radius 1 is 1.33 bits per heavy atom. The summed E-state index contributed by atoms with van der Waals surface area (Å²) in [4.78, 5) is 6.85. The third-order valence-corrected chi connectivity index (χ3v) is 5.26. The number of piperidine rings is 1. The molecule has 0 spiro atoms. The zero-order valence-electron chi connectivity index (χ0n) is 12.1. The van der Waals surface area contributed by atoms with Crippen LogP contribution >= 0.6 is 22.9 Å². The van der Waals surface area contributed by atoms with E-state index < -0.39 is 5.60 Å². The molecule has 3 rings (SSSR count). The molecule has 1 N–H and O–H groups in total. The van der Waals surface area contributed by atoms with Crippen LogP contribution in [0.1, 0.15) is 29.1 Å². The van der Waals surface area contributed by atoms with Gasteiger partial charge in [-0.25, -0.2) is 4.98 Å². The molecule has 0 bridgehead atoms. The van der Waals surface area contributed by atoms with E-state index in [4.69, 9.17) is 11.6 Å². The monoisotopic (exact) mass is 322 g/mol. The number of hydrogen-bond acceptors (Lipinski definition) is 4. The molecule has 3 nitrogen and oxygen atoms in total. The summed E-state index contributed by atoms with van der Waals surface area (Å²) in [6.45, 7) is 4.61. The highest BCUT2D eigenvalue weighted by Crippen LogP contribution is 2.36. The smallest absolute Gasteiger partial charge is 0.0935 e. The number of aryl methyl sites for hydroxylation is 1. The second-order valence-corrected chi connectivity index (χ2v) is 7.11. The first-order valence-electron chi connectivity index (χ1n) is 7.17. The van der Waals surface area contributed by atoms with E-state index in [9.17, 15) is 5.11 Å². The lowest BCUT2D eigenvalue weighted by Gasteiger charge is -2.38. The number of benzene rings is 1. The summed E-state index contributed by atoms with van der Waals surface area (Å²) in [6.07, 6.45) is 1.42. The number of rotatable bonds is 3. The van der Waals surface area contributed by atoms with Crippen molar-refractivity contribution >= 4 is 22.9 Å². The van der Waals surface area contributed by atoms with Gasteiger partial charge < -0.3 is 5.11 Å². The number of thiazole rings is 1. The molecule has 21 heavy (non-hydrogen) atoms. The molecule has 1 fully saturated rings. The maximum absolute atomic E-state index is 10.9. The lowest BCUT2D eigenvalue weighted by molar-refractivity contribution is -0.0278. The van der Waals surface area contributed by atoms with Crippen molar-refractivity contribution in [3.05, 3.63) is 50.9 Å². The third-order valence-electron chi connectivity index (χ3n) is 4.11. The first-order chi connectivity index (χ1) is 10.1. The molecule has 2 heterocycles. The molecule has 1 saturated heterocycles. The van der Waals surface area contributed by atoms with Gasteiger partial charge in [-0.15, -0.1) is 11.3 Å². The van der Waals surface area contributed by atoms with Crippen molar-refractivity contribution in [2.75, 3.05) is 13.1 Å². The average Bonchev–Trinajstić information content (AvgIpc) is 2.87. The van der Waals surface area contributed by atoms with Crippen LogP contribution in [0, 0.1) is 6.92 Å². The van der Waals surface area contributed by atoms with Crippen LogP contribution in [-0.2, 0) is 12.1 Å². The van der Waals surface area contributed by atoms with Crippen LogP contribution in [0.25, 0.3) is 0 Å². The summed E-state index contributed by atoms with van der Waals surface area (Å²) in [5.74, 6) is 0. The molecule has 0 radical (unpaired) electrons. The van der Waals surface area contributed by atoms with Gasteiger partial charge in [-0.2, -0.15) is 0 Å². The van der Waals surface area contributed by atoms with Crippen LogP contribution in [0.3, 0.4) is 0 Å². The highest BCUT2D eigenvalue weighted by molar-refractivity contribution is 7.09. The van der Waals surface area contributed by atoms with Gasteiger partial charge in [0.15, 0.2) is 0 Å². The quantitative estimate of drug-likeness (QED) is 0.938. The van der Waals surface area contributed by atoms with Crippen molar-refractivity contribution in [2.45, 2.75) is 31.9 Å². The molecule has 2 aromatic rings. The number of aliphatic hydroxyl groups is 1. The summed E-state index contributed by atoms with van der Waals surface area (Å²) < 4.78 is 0. The lowest BCUT2D eigenvalue weighted by atomic mass is 9.84. The van der Waals surface area contributed by atoms with Crippen molar-refractivity contribution in [1.29, 1.82) is 0 Å². The standard InChI is InChI=1S/C16H19ClN2OS/c1-12-18-13(11-21-12)10-19-8-6-16(20,7-9-19)14-4-2-3-5-15(14)17/h2-5,11,20H,6-10H2,1H3. The topological polar surface area (TPSA) is 36.4 Å². The summed E-state index contributed by atoms with van der Waals surface area (Å²) in [5.41, 5.74) is 1.18. The maximum atomic E-state index is 10.9. The first-order valence-corrected chi connectivity index (χ1v) is 8.43. The Kier molecular flexibility index (Phi) is 4.31. The predicted molar refractivity (Wildman–Crippen MR) is 86.7 cm³/mol. The van der Waals surface area contributed by atoms with Gasteiger partial charge in [0.25, 0.3) is 0 Å². The molecular weight excluding hydrogens is 304 g/mol. The number of nitrogens with zero attached hydrogens (tertiary/aromatic N) is 2. The Bertz CT molecular complexity index is 620. The largest absolute Gasteiger partial charge is 0.385 e. The first kappa shape index (κ1) is 15.0. The molecule has 0 unspecified atom stereocenters. The van der Waals surface area contributed by atoms with E-state index in [1.165, 1.54) is 0 Å². The predicted octanol–water partition coefficient (Wildman–Crippen LogP) is 3.59. The van der Waals surface area contributed by atoms with E-state index in [1.807, 2.05) is 31.2 Å². The Hall–Kier alpha value is -0.940. The van der Waals surface area contributed by atoms with Gasteiger partial charge in [0.2, 0.25) is 0 Å². The number of hydrogen-bond donors (Lipinski definition) is 1. The summed E-state index contributed by atoms with van der Waals surface area (Å²) in [7, 11) is 0. The van der Waals surface area contributed by atoms with Crippen LogP contribution in [0.4, 0.5) is 0 Å². The molecule has 112 valence electrons. The van der Waals surface area contributed by atoms with Gasteiger partial charge in [-0.1, -0.05) is 29.8 Å². The highest BCUT2D eigenvalue weighted by Gasteiger charge is 2.35. The van der Waals surface area contributed by atoms with Crippen LogP contribution in [-0.4, -0.2) is 28.1 Å². The molecule has 1 aromatic carbocycles. The van der Waals surface area contributed by atoms with Crippen molar-refractivity contribution in [2.24, 2.45) is 0 Å². The minimum atomic E-state index is -0.799. The van der Waals surface area contributed by atoms with Crippen LogP contribution < -0.4 is 0 Å². The normalized spacial score (nSPS) is 18.8. The molecule has 1 aromatic heterocycles. The molecule has 0 atom stereocenters.